The molecule has 1 heterocycles. The van der Waals surface area contributed by atoms with Crippen LogP contribution in [0.1, 0.15) is 21.6 Å². The Morgan fingerprint density at radius 1 is 1.17 bits per heavy atom. The maximum atomic E-state index is 12.9. The number of benzene rings is 2. The molecule has 0 saturated carbocycles. The van der Waals surface area contributed by atoms with Crippen LogP contribution in [0.3, 0.4) is 0 Å². The van der Waals surface area contributed by atoms with Crippen LogP contribution in [0.25, 0.3) is 6.08 Å². The van der Waals surface area contributed by atoms with Gasteiger partial charge in [0.15, 0.2) is 5.13 Å². The Bertz CT molecular complexity index is 1050. The van der Waals surface area contributed by atoms with Gasteiger partial charge in [0.25, 0.3) is 0 Å². The molecule has 29 heavy (non-hydrogen) atoms. The number of amides is 1. The highest BCUT2D eigenvalue weighted by molar-refractivity contribution is 7.15. The zero-order valence-electron chi connectivity index (χ0n) is 14.6. The molecule has 150 valence electrons. The molecule has 3 nitrogen and oxygen atoms in total. The van der Waals surface area contributed by atoms with Gasteiger partial charge in [0.05, 0.1) is 10.6 Å². The predicted octanol–water partition coefficient (Wildman–Crippen LogP) is 6.20. The molecule has 3 rings (SSSR count). The topological polar surface area (TPSA) is 42.0 Å². The number of aromatic nitrogens is 1. The van der Waals surface area contributed by atoms with Crippen LogP contribution >= 0.6 is 22.9 Å². The van der Waals surface area contributed by atoms with Crippen LogP contribution in [0.4, 0.5) is 22.7 Å². The first-order valence-electron chi connectivity index (χ1n) is 8.25. The molecule has 0 atom stereocenters. The Morgan fingerprint density at radius 2 is 1.90 bits per heavy atom. The highest BCUT2D eigenvalue weighted by atomic mass is 35.5. The number of thiazole rings is 1. The smallest absolute Gasteiger partial charge is 0.298 e. The van der Waals surface area contributed by atoms with E-state index in [9.17, 15) is 22.4 Å². The van der Waals surface area contributed by atoms with Gasteiger partial charge >= 0.3 is 6.18 Å². The molecule has 1 N–H and O–H groups in total. The Kier molecular flexibility index (Phi) is 6.34. The summed E-state index contributed by atoms with van der Waals surface area (Å²) in [6.07, 6.45) is -0.0693. The zero-order chi connectivity index (χ0) is 21.0. The van der Waals surface area contributed by atoms with E-state index in [4.69, 9.17) is 11.6 Å². The highest BCUT2D eigenvalue weighted by Gasteiger charge is 2.33. The third kappa shape index (κ3) is 5.88. The Balaban J connectivity index is 1.62. The molecule has 0 aliphatic carbocycles. The van der Waals surface area contributed by atoms with Crippen molar-refractivity contribution >= 4 is 40.1 Å². The summed E-state index contributed by atoms with van der Waals surface area (Å²) >= 11 is 6.82. The van der Waals surface area contributed by atoms with Crippen molar-refractivity contribution in [2.75, 3.05) is 5.32 Å². The number of rotatable bonds is 5. The average Bonchev–Trinajstić information content (AvgIpc) is 3.08. The number of hydrogen-bond donors (Lipinski definition) is 1. The van der Waals surface area contributed by atoms with Gasteiger partial charge in [0.2, 0.25) is 5.91 Å². The maximum Gasteiger partial charge on any atom is 0.417 e. The van der Waals surface area contributed by atoms with Crippen molar-refractivity contribution in [1.29, 1.82) is 0 Å². The van der Waals surface area contributed by atoms with Crippen molar-refractivity contribution in [2.24, 2.45) is 0 Å². The minimum Gasteiger partial charge on any atom is -0.298 e. The van der Waals surface area contributed by atoms with Crippen LogP contribution in [-0.2, 0) is 17.4 Å². The molecule has 0 aliphatic rings. The number of carbonyl (C=O) groups excluding carboxylic acids is 1. The van der Waals surface area contributed by atoms with Crippen LogP contribution in [0.2, 0.25) is 5.02 Å². The van der Waals surface area contributed by atoms with E-state index in [1.54, 1.807) is 18.3 Å². The number of hydrogen-bond acceptors (Lipinski definition) is 3. The first kappa shape index (κ1) is 21.0. The molecule has 0 unspecified atom stereocenters. The van der Waals surface area contributed by atoms with Crippen LogP contribution in [-0.4, -0.2) is 10.9 Å². The molecule has 9 heteroatoms. The summed E-state index contributed by atoms with van der Waals surface area (Å²) in [4.78, 5) is 17.0. The summed E-state index contributed by atoms with van der Waals surface area (Å²) in [7, 11) is 0. The first-order valence-corrected chi connectivity index (χ1v) is 9.45. The second-order valence-corrected chi connectivity index (χ2v) is 7.52. The van der Waals surface area contributed by atoms with E-state index in [1.807, 2.05) is 0 Å². The summed E-state index contributed by atoms with van der Waals surface area (Å²) in [5.41, 5.74) is 0.121. The van der Waals surface area contributed by atoms with Crippen molar-refractivity contribution in [1.82, 2.24) is 4.98 Å². The van der Waals surface area contributed by atoms with E-state index in [0.717, 1.165) is 28.6 Å². The molecule has 0 saturated heterocycles. The molecule has 0 spiro atoms. The van der Waals surface area contributed by atoms with Crippen molar-refractivity contribution in [2.45, 2.75) is 12.6 Å². The second kappa shape index (κ2) is 8.75. The molecule has 0 bridgehead atoms. The number of anilines is 1. The van der Waals surface area contributed by atoms with Crippen molar-refractivity contribution in [3.05, 3.63) is 87.1 Å². The Hall–Kier alpha value is -2.71. The third-order valence-corrected chi connectivity index (χ3v) is 5.04. The van der Waals surface area contributed by atoms with Crippen LogP contribution < -0.4 is 5.32 Å². The molecule has 0 fully saturated rings. The minimum atomic E-state index is -4.58. The van der Waals surface area contributed by atoms with Gasteiger partial charge in [0.1, 0.15) is 5.82 Å². The number of carbonyl (C=O) groups is 1. The van der Waals surface area contributed by atoms with E-state index in [0.29, 0.717) is 11.6 Å². The minimum absolute atomic E-state index is 0.188. The van der Waals surface area contributed by atoms with Crippen LogP contribution in [0, 0.1) is 5.82 Å². The number of alkyl halides is 3. The summed E-state index contributed by atoms with van der Waals surface area (Å²) in [6.45, 7) is 0. The zero-order valence-corrected chi connectivity index (χ0v) is 16.2. The van der Waals surface area contributed by atoms with Gasteiger partial charge in [-0.05, 0) is 41.5 Å². The normalized spacial score (nSPS) is 11.8. The molecule has 2 aromatic carbocycles. The average molecular weight is 441 g/mol. The fourth-order valence-corrected chi connectivity index (χ4v) is 3.51. The largest absolute Gasteiger partial charge is 0.417 e. The van der Waals surface area contributed by atoms with E-state index < -0.39 is 22.7 Å². The first-order chi connectivity index (χ1) is 13.7. The van der Waals surface area contributed by atoms with Crippen LogP contribution in [0.15, 0.2) is 54.7 Å². The number of nitrogens with zero attached hydrogens (tertiary/aromatic N) is 1. The quantitative estimate of drug-likeness (QED) is 0.379. The molecular formula is C20H13ClF4N2OS. The van der Waals surface area contributed by atoms with Gasteiger partial charge in [-0.2, -0.15) is 13.2 Å². The SMILES string of the molecule is O=C(/C=C/c1ccc(Cl)c(C(F)(F)F)c1)Nc1ncc(Cc2ccc(F)cc2)s1. The summed E-state index contributed by atoms with van der Waals surface area (Å²) < 4.78 is 51.6. The van der Waals surface area contributed by atoms with E-state index in [-0.39, 0.29) is 11.4 Å². The summed E-state index contributed by atoms with van der Waals surface area (Å²) in [5.74, 6) is -0.850. The number of nitrogens with one attached hydrogen (secondary N) is 1. The molecule has 3 aromatic rings. The van der Waals surface area contributed by atoms with Gasteiger partial charge in [-0.25, -0.2) is 9.37 Å². The van der Waals surface area contributed by atoms with Crippen molar-refractivity contribution in [3.8, 4) is 0 Å². The van der Waals surface area contributed by atoms with E-state index in [2.05, 4.69) is 10.3 Å². The van der Waals surface area contributed by atoms with Crippen molar-refractivity contribution in [3.63, 3.8) is 0 Å². The standard InChI is InChI=1S/C20H13ClF4N2OS/c21-17-7-3-13(10-16(17)20(23,24)25)4-8-18(28)27-19-26-11-15(29-19)9-12-1-5-14(22)6-2-12/h1-8,10-11H,9H2,(H,26,27,28)/b8-4+. The highest BCUT2D eigenvalue weighted by Crippen LogP contribution is 2.35. The molecule has 0 aliphatic heterocycles. The van der Waals surface area contributed by atoms with Gasteiger partial charge in [-0.15, -0.1) is 11.3 Å². The third-order valence-electron chi connectivity index (χ3n) is 3.80. The molecule has 1 amide bonds. The van der Waals surface area contributed by atoms with Crippen molar-refractivity contribution < 1.29 is 22.4 Å². The lowest BCUT2D eigenvalue weighted by molar-refractivity contribution is -0.137. The van der Waals surface area contributed by atoms with Gasteiger partial charge in [0, 0.05) is 23.6 Å². The van der Waals surface area contributed by atoms with Gasteiger partial charge < -0.3 is 0 Å². The van der Waals surface area contributed by atoms with Gasteiger partial charge in [-0.3, -0.25) is 10.1 Å². The van der Waals surface area contributed by atoms with Crippen LogP contribution in [0.5, 0.6) is 0 Å². The summed E-state index contributed by atoms with van der Waals surface area (Å²) in [5, 5.41) is 2.50. The molecular weight excluding hydrogens is 428 g/mol. The predicted molar refractivity (Wildman–Crippen MR) is 105 cm³/mol. The lowest BCUT2D eigenvalue weighted by Gasteiger charge is -2.09. The monoisotopic (exact) mass is 440 g/mol. The Labute approximate surface area is 172 Å². The lowest BCUT2D eigenvalue weighted by Crippen LogP contribution is -2.07. The van der Waals surface area contributed by atoms with Gasteiger partial charge in [-0.1, -0.05) is 29.8 Å². The summed E-state index contributed by atoms with van der Waals surface area (Å²) in [6, 6.07) is 9.44. The fraction of sp³-hybridized carbons (Fsp3) is 0.100. The van der Waals surface area contributed by atoms with E-state index >= 15 is 0 Å². The molecule has 1 aromatic heterocycles. The number of halogens is 5. The lowest BCUT2D eigenvalue weighted by atomic mass is 10.1. The van der Waals surface area contributed by atoms with E-state index in [1.165, 1.54) is 35.6 Å². The second-order valence-electron chi connectivity index (χ2n) is 5.99. The Morgan fingerprint density at radius 3 is 2.59 bits per heavy atom. The maximum absolute atomic E-state index is 12.9. The molecule has 0 radical (unpaired) electrons. The fourth-order valence-electron chi connectivity index (χ4n) is 2.43.